The first-order valence-corrected chi connectivity index (χ1v) is 8.26. The number of hydrogen-bond donors (Lipinski definition) is 1. The number of nitrogens with zero attached hydrogens (tertiary/aromatic N) is 3. The second-order valence-electron chi connectivity index (χ2n) is 6.50. The molecule has 1 aromatic carbocycles. The van der Waals surface area contributed by atoms with Crippen molar-refractivity contribution in [1.82, 2.24) is 19.8 Å². The quantitative estimate of drug-likeness (QED) is 0.811. The number of piperazine rings is 1. The van der Waals surface area contributed by atoms with Crippen LogP contribution in [0.2, 0.25) is 0 Å². The minimum atomic E-state index is -4.85. The maximum atomic E-state index is 13.1. The van der Waals surface area contributed by atoms with Gasteiger partial charge in [-0.2, -0.15) is 26.3 Å². The van der Waals surface area contributed by atoms with Crippen LogP contribution in [0.1, 0.15) is 28.6 Å². The molecule has 3 rings (SSSR count). The lowest BCUT2D eigenvalue weighted by Gasteiger charge is -2.36. The molecule has 0 amide bonds. The highest BCUT2D eigenvalue weighted by atomic mass is 19.4. The summed E-state index contributed by atoms with van der Waals surface area (Å²) in [6.07, 6.45) is -6.35. The van der Waals surface area contributed by atoms with Gasteiger partial charge in [-0.25, -0.2) is 4.98 Å². The second-order valence-corrected chi connectivity index (χ2v) is 6.50. The zero-order valence-electron chi connectivity index (χ0n) is 14.4. The van der Waals surface area contributed by atoms with E-state index in [9.17, 15) is 26.3 Å². The van der Waals surface area contributed by atoms with Crippen molar-refractivity contribution in [2.24, 2.45) is 7.05 Å². The van der Waals surface area contributed by atoms with E-state index in [-0.39, 0.29) is 24.2 Å². The molecule has 4 nitrogen and oxygen atoms in total. The molecule has 10 heteroatoms. The second kappa shape index (κ2) is 7.16. The van der Waals surface area contributed by atoms with Crippen LogP contribution in [-0.4, -0.2) is 34.1 Å². The Labute approximate surface area is 151 Å². The molecule has 1 unspecified atom stereocenters. The van der Waals surface area contributed by atoms with Crippen molar-refractivity contribution in [3.05, 3.63) is 53.1 Å². The van der Waals surface area contributed by atoms with Crippen molar-refractivity contribution in [2.75, 3.05) is 19.6 Å². The monoisotopic (exact) mass is 392 g/mol. The standard InChI is InChI=1S/C17H18F6N4/c1-26-4-3-25-15(26)14-9-24-2-5-27(14)10-11-6-12(16(18,19)20)8-13(7-11)17(21,22)23/h3-4,6-8,14,24H,2,5,9-10H2,1H3. The first-order valence-electron chi connectivity index (χ1n) is 8.26. The summed E-state index contributed by atoms with van der Waals surface area (Å²) in [6, 6.07) is 1.47. The number of halogens is 6. The topological polar surface area (TPSA) is 33.1 Å². The molecule has 1 aliphatic rings. The minimum absolute atomic E-state index is 0.0294. The molecule has 0 spiro atoms. The third-order valence-electron chi connectivity index (χ3n) is 4.54. The van der Waals surface area contributed by atoms with E-state index in [1.54, 1.807) is 24.0 Å². The number of rotatable bonds is 3. The van der Waals surface area contributed by atoms with E-state index >= 15 is 0 Å². The van der Waals surface area contributed by atoms with Crippen LogP contribution in [0.15, 0.2) is 30.6 Å². The highest BCUT2D eigenvalue weighted by Gasteiger charge is 2.37. The van der Waals surface area contributed by atoms with E-state index in [1.807, 2.05) is 4.90 Å². The van der Waals surface area contributed by atoms with E-state index in [2.05, 4.69) is 10.3 Å². The molecule has 148 valence electrons. The number of benzene rings is 1. The highest BCUT2D eigenvalue weighted by molar-refractivity contribution is 5.33. The molecular weight excluding hydrogens is 374 g/mol. The fourth-order valence-electron chi connectivity index (χ4n) is 3.23. The van der Waals surface area contributed by atoms with Gasteiger partial charge in [-0.15, -0.1) is 0 Å². The van der Waals surface area contributed by atoms with E-state index in [0.717, 1.165) is 12.1 Å². The molecule has 1 atom stereocenters. The zero-order valence-corrected chi connectivity index (χ0v) is 14.4. The van der Waals surface area contributed by atoms with Gasteiger partial charge in [-0.1, -0.05) is 0 Å². The van der Waals surface area contributed by atoms with Crippen LogP contribution < -0.4 is 5.32 Å². The Hall–Kier alpha value is -2.07. The molecule has 2 heterocycles. The maximum Gasteiger partial charge on any atom is 0.416 e. The van der Waals surface area contributed by atoms with E-state index in [0.29, 0.717) is 25.5 Å². The summed E-state index contributed by atoms with van der Waals surface area (Å²) in [5, 5.41) is 3.18. The number of alkyl halides is 6. The van der Waals surface area contributed by atoms with Gasteiger partial charge in [0.05, 0.1) is 17.2 Å². The predicted molar refractivity (Wildman–Crippen MR) is 85.7 cm³/mol. The summed E-state index contributed by atoms with van der Waals surface area (Å²) in [7, 11) is 1.79. The molecule has 27 heavy (non-hydrogen) atoms. The van der Waals surface area contributed by atoms with Crippen molar-refractivity contribution >= 4 is 0 Å². The summed E-state index contributed by atoms with van der Waals surface area (Å²) >= 11 is 0. The molecule has 0 saturated carbocycles. The Morgan fingerprint density at radius 1 is 1.07 bits per heavy atom. The lowest BCUT2D eigenvalue weighted by molar-refractivity contribution is -0.143. The summed E-state index contributed by atoms with van der Waals surface area (Å²) < 4.78 is 80.2. The third kappa shape index (κ3) is 4.44. The number of aromatic nitrogens is 2. The van der Waals surface area contributed by atoms with Gasteiger partial charge >= 0.3 is 12.4 Å². The lowest BCUT2D eigenvalue weighted by Crippen LogP contribution is -2.46. The average Bonchev–Trinajstić information content (AvgIpc) is 2.99. The molecule has 0 radical (unpaired) electrons. The van der Waals surface area contributed by atoms with Crippen molar-refractivity contribution in [3.63, 3.8) is 0 Å². The van der Waals surface area contributed by atoms with Crippen LogP contribution in [0.4, 0.5) is 26.3 Å². The molecule has 2 aromatic rings. The molecule has 1 aliphatic heterocycles. The fourth-order valence-corrected chi connectivity index (χ4v) is 3.23. The van der Waals surface area contributed by atoms with Gasteiger partial charge < -0.3 is 9.88 Å². The largest absolute Gasteiger partial charge is 0.416 e. The average molecular weight is 392 g/mol. The molecule has 1 aromatic heterocycles. The molecule has 1 saturated heterocycles. The lowest BCUT2D eigenvalue weighted by atomic mass is 10.0. The van der Waals surface area contributed by atoms with E-state index < -0.39 is 23.5 Å². The first-order chi connectivity index (χ1) is 12.6. The minimum Gasteiger partial charge on any atom is -0.337 e. The molecule has 0 bridgehead atoms. The number of hydrogen-bond acceptors (Lipinski definition) is 3. The molecular formula is C17H18F6N4. The van der Waals surface area contributed by atoms with Crippen molar-refractivity contribution in [1.29, 1.82) is 0 Å². The van der Waals surface area contributed by atoms with Gasteiger partial charge in [0.15, 0.2) is 0 Å². The van der Waals surface area contributed by atoms with Gasteiger partial charge in [-0.05, 0) is 23.8 Å². The van der Waals surface area contributed by atoms with Gasteiger partial charge in [-0.3, -0.25) is 4.90 Å². The number of imidazole rings is 1. The van der Waals surface area contributed by atoms with Crippen molar-refractivity contribution in [3.8, 4) is 0 Å². The Morgan fingerprint density at radius 2 is 1.70 bits per heavy atom. The third-order valence-corrected chi connectivity index (χ3v) is 4.54. The zero-order chi connectivity index (χ0) is 19.8. The Morgan fingerprint density at radius 3 is 2.22 bits per heavy atom. The van der Waals surface area contributed by atoms with Gasteiger partial charge in [0.2, 0.25) is 0 Å². The smallest absolute Gasteiger partial charge is 0.337 e. The summed E-state index contributed by atoms with van der Waals surface area (Å²) in [5.41, 5.74) is -2.62. The highest BCUT2D eigenvalue weighted by Crippen LogP contribution is 2.37. The number of nitrogens with one attached hydrogen (secondary N) is 1. The van der Waals surface area contributed by atoms with Crippen LogP contribution in [0.3, 0.4) is 0 Å². The van der Waals surface area contributed by atoms with Crippen LogP contribution >= 0.6 is 0 Å². The Bertz CT molecular complexity index is 763. The molecule has 1 fully saturated rings. The summed E-state index contributed by atoms with van der Waals surface area (Å²) in [6.45, 7) is 1.54. The normalized spacial score (nSPS) is 19.4. The predicted octanol–water partition coefficient (Wildman–Crippen LogP) is 3.60. The first kappa shape index (κ1) is 19.7. The van der Waals surface area contributed by atoms with Crippen molar-refractivity contribution in [2.45, 2.75) is 24.9 Å². The van der Waals surface area contributed by atoms with Crippen LogP contribution in [-0.2, 0) is 25.9 Å². The number of aryl methyl sites for hydroxylation is 1. The Balaban J connectivity index is 1.94. The van der Waals surface area contributed by atoms with Gasteiger partial charge in [0.1, 0.15) is 5.82 Å². The van der Waals surface area contributed by atoms with E-state index in [1.165, 1.54) is 0 Å². The fraction of sp³-hybridized carbons (Fsp3) is 0.471. The summed E-state index contributed by atoms with van der Waals surface area (Å²) in [5.74, 6) is 0.699. The Kier molecular flexibility index (Phi) is 5.22. The maximum absolute atomic E-state index is 13.1. The van der Waals surface area contributed by atoms with Crippen LogP contribution in [0, 0.1) is 0 Å². The summed E-state index contributed by atoms with van der Waals surface area (Å²) in [4.78, 5) is 6.11. The molecule has 1 N–H and O–H groups in total. The molecule has 0 aliphatic carbocycles. The van der Waals surface area contributed by atoms with Crippen molar-refractivity contribution < 1.29 is 26.3 Å². The van der Waals surface area contributed by atoms with Gasteiger partial charge in [0, 0.05) is 45.6 Å². The van der Waals surface area contributed by atoms with Crippen LogP contribution in [0.25, 0.3) is 0 Å². The van der Waals surface area contributed by atoms with Gasteiger partial charge in [0.25, 0.3) is 0 Å². The SMILES string of the molecule is Cn1ccnc1C1CNCCN1Cc1cc(C(F)(F)F)cc(C(F)(F)F)c1. The van der Waals surface area contributed by atoms with Crippen LogP contribution in [0.5, 0.6) is 0 Å². The van der Waals surface area contributed by atoms with E-state index in [4.69, 9.17) is 0 Å².